The van der Waals surface area contributed by atoms with E-state index in [1.165, 1.54) is 88.6 Å². The Labute approximate surface area is 419 Å². The fraction of sp³-hybridized carbons (Fsp3) is 0.0735. The van der Waals surface area contributed by atoms with Gasteiger partial charge in [-0.1, -0.05) is 202 Å². The monoisotopic (exact) mass is 920 g/mol. The summed E-state index contributed by atoms with van der Waals surface area (Å²) >= 11 is 0. The summed E-state index contributed by atoms with van der Waals surface area (Å²) in [4.78, 5) is 15.3. The molecule has 0 fully saturated rings. The van der Waals surface area contributed by atoms with Crippen molar-refractivity contribution in [3.63, 3.8) is 0 Å². The van der Waals surface area contributed by atoms with E-state index in [-0.39, 0.29) is 11.3 Å². The van der Waals surface area contributed by atoms with Crippen LogP contribution in [-0.4, -0.2) is 19.5 Å². The van der Waals surface area contributed by atoms with E-state index in [1.54, 1.807) is 0 Å². The zero-order valence-electron chi connectivity index (χ0n) is 40.1. The third-order valence-electron chi connectivity index (χ3n) is 15.4. The average molecular weight is 921 g/mol. The predicted molar refractivity (Wildman–Crippen MR) is 296 cm³/mol. The van der Waals surface area contributed by atoms with Crippen molar-refractivity contribution in [3.8, 4) is 84.4 Å². The van der Waals surface area contributed by atoms with Crippen molar-refractivity contribution in [1.29, 1.82) is 0 Å². The van der Waals surface area contributed by atoms with Crippen LogP contribution in [0.15, 0.2) is 237 Å². The molecule has 0 bridgehead atoms. The molecule has 0 aliphatic heterocycles. The predicted octanol–water partition coefficient (Wildman–Crippen LogP) is 17.0. The van der Waals surface area contributed by atoms with Crippen LogP contribution in [0.25, 0.3) is 106 Å². The molecule has 2 aliphatic rings. The minimum atomic E-state index is -0.166. The summed E-state index contributed by atoms with van der Waals surface area (Å²) in [6, 6.07) is 86.1. The third-order valence-corrected chi connectivity index (χ3v) is 15.4. The Morgan fingerprint density at radius 1 is 0.361 bits per heavy atom. The highest BCUT2D eigenvalue weighted by molar-refractivity contribution is 6.13. The molecule has 0 saturated heterocycles. The van der Waals surface area contributed by atoms with Crippen molar-refractivity contribution in [2.24, 2.45) is 0 Å². The fourth-order valence-electron chi connectivity index (χ4n) is 11.8. The van der Waals surface area contributed by atoms with Gasteiger partial charge in [-0.3, -0.25) is 0 Å². The Balaban J connectivity index is 0.946. The molecule has 2 aromatic heterocycles. The minimum Gasteiger partial charge on any atom is -0.309 e. The molecule has 12 aromatic rings. The lowest BCUT2D eigenvalue weighted by molar-refractivity contribution is 0.661. The molecule has 14 rings (SSSR count). The second-order valence-corrected chi connectivity index (χ2v) is 20.0. The van der Waals surface area contributed by atoms with Crippen molar-refractivity contribution in [2.75, 3.05) is 0 Å². The van der Waals surface area contributed by atoms with Gasteiger partial charge >= 0.3 is 0 Å². The number of benzene rings is 10. The van der Waals surface area contributed by atoms with E-state index < -0.39 is 0 Å². The number of fused-ring (bicyclic) bond motifs is 9. The van der Waals surface area contributed by atoms with Gasteiger partial charge in [0.05, 0.1) is 11.0 Å². The molecule has 4 heteroatoms. The lowest BCUT2D eigenvalue weighted by Gasteiger charge is -2.21. The highest BCUT2D eigenvalue weighted by Gasteiger charge is 2.36. The molecule has 1 atom stereocenters. The van der Waals surface area contributed by atoms with Gasteiger partial charge in [-0.25, -0.2) is 15.0 Å². The van der Waals surface area contributed by atoms with Crippen LogP contribution in [0.5, 0.6) is 0 Å². The second-order valence-electron chi connectivity index (χ2n) is 20.0. The van der Waals surface area contributed by atoms with Crippen LogP contribution in [0.3, 0.4) is 0 Å². The van der Waals surface area contributed by atoms with Crippen LogP contribution in [0.1, 0.15) is 47.6 Å². The highest BCUT2D eigenvalue weighted by atomic mass is 15.0. The van der Waals surface area contributed by atoms with E-state index in [2.05, 4.69) is 219 Å². The summed E-state index contributed by atoms with van der Waals surface area (Å²) in [5.41, 5.74) is 23.0. The van der Waals surface area contributed by atoms with E-state index in [1.807, 2.05) is 36.4 Å². The SMILES string of the molecule is CC1(C)c2ccccc2-c2cc3c4cc(-c5ccc6c(c5)-c5cc(-c7ccccc7)ccc5C6Cc5ccccc5)ccc4n(-c4cccc(-c5nc(-c6ccccc6)nc(-c6ccccc6)n5)c4)c3cc21. The molecule has 72 heavy (non-hydrogen) atoms. The molecular weight excluding hydrogens is 873 g/mol. The van der Waals surface area contributed by atoms with E-state index in [9.17, 15) is 0 Å². The summed E-state index contributed by atoms with van der Waals surface area (Å²) in [6.07, 6.45) is 0.956. The van der Waals surface area contributed by atoms with Crippen LogP contribution in [0.4, 0.5) is 0 Å². The molecule has 0 spiro atoms. The number of rotatable bonds is 8. The van der Waals surface area contributed by atoms with E-state index in [4.69, 9.17) is 15.0 Å². The van der Waals surface area contributed by atoms with E-state index >= 15 is 0 Å². The van der Waals surface area contributed by atoms with Gasteiger partial charge in [0.15, 0.2) is 17.5 Å². The van der Waals surface area contributed by atoms with Crippen LogP contribution < -0.4 is 0 Å². The van der Waals surface area contributed by atoms with Crippen molar-refractivity contribution >= 4 is 21.8 Å². The van der Waals surface area contributed by atoms with Crippen LogP contribution in [0.2, 0.25) is 0 Å². The molecule has 2 aliphatic carbocycles. The Bertz CT molecular complexity index is 4020. The molecule has 340 valence electrons. The maximum Gasteiger partial charge on any atom is 0.164 e. The molecule has 10 aromatic carbocycles. The minimum absolute atomic E-state index is 0.166. The van der Waals surface area contributed by atoms with Crippen LogP contribution in [0, 0.1) is 0 Å². The molecule has 0 amide bonds. The molecule has 1 unspecified atom stereocenters. The quantitative estimate of drug-likeness (QED) is 0.153. The molecule has 0 N–H and O–H groups in total. The zero-order valence-corrected chi connectivity index (χ0v) is 40.1. The Hall–Kier alpha value is -8.99. The fourth-order valence-corrected chi connectivity index (χ4v) is 11.8. The van der Waals surface area contributed by atoms with E-state index in [0.29, 0.717) is 17.5 Å². The normalized spacial score (nSPS) is 14.0. The van der Waals surface area contributed by atoms with Crippen LogP contribution in [-0.2, 0) is 11.8 Å². The van der Waals surface area contributed by atoms with Gasteiger partial charge in [0.25, 0.3) is 0 Å². The molecular formula is C68H48N4. The highest BCUT2D eigenvalue weighted by Crippen LogP contribution is 2.52. The maximum atomic E-state index is 5.13. The summed E-state index contributed by atoms with van der Waals surface area (Å²) in [5.74, 6) is 2.19. The lowest BCUT2D eigenvalue weighted by atomic mass is 9.82. The summed E-state index contributed by atoms with van der Waals surface area (Å²) in [6.45, 7) is 4.73. The zero-order chi connectivity index (χ0) is 47.9. The van der Waals surface area contributed by atoms with E-state index in [0.717, 1.165) is 34.3 Å². The summed E-state index contributed by atoms with van der Waals surface area (Å²) in [7, 11) is 0. The number of aromatic nitrogens is 4. The molecule has 2 heterocycles. The van der Waals surface area contributed by atoms with Gasteiger partial charge in [0.1, 0.15) is 0 Å². The first kappa shape index (κ1) is 41.9. The lowest BCUT2D eigenvalue weighted by Crippen LogP contribution is -2.14. The standard InChI is InChI=1S/C68H48N4/c1-68(2)61-29-16-15-28-54(61)58-41-60-59-40-49(48-31-34-53-55(36-43-18-7-3-8-19-43)52-33-30-47(38-56(52)57(53)39-48)44-20-9-4-10-21-44)32-35-63(59)72(64(60)42-62(58)68)51-27-17-26-50(37-51)67-70-65(45-22-11-5-12-23-45)69-66(71-67)46-24-13-6-14-25-46/h3-35,37-42,55H,36H2,1-2H3. The van der Waals surface area contributed by atoms with Gasteiger partial charge in [0.2, 0.25) is 0 Å². The number of hydrogen-bond acceptors (Lipinski definition) is 3. The van der Waals surface area contributed by atoms with Crippen LogP contribution >= 0.6 is 0 Å². The topological polar surface area (TPSA) is 43.6 Å². The largest absolute Gasteiger partial charge is 0.309 e. The van der Waals surface area contributed by atoms with Crippen molar-refractivity contribution in [3.05, 3.63) is 264 Å². The van der Waals surface area contributed by atoms with Crippen molar-refractivity contribution in [1.82, 2.24) is 19.5 Å². The Morgan fingerprint density at radius 3 is 1.53 bits per heavy atom. The van der Waals surface area contributed by atoms with Gasteiger partial charge in [0, 0.05) is 44.5 Å². The number of nitrogens with zero attached hydrogens (tertiary/aromatic N) is 4. The first-order chi connectivity index (χ1) is 35.4. The van der Waals surface area contributed by atoms with Crippen molar-refractivity contribution < 1.29 is 0 Å². The average Bonchev–Trinajstić information content (AvgIpc) is 4.01. The van der Waals surface area contributed by atoms with Gasteiger partial charge in [-0.2, -0.15) is 0 Å². The van der Waals surface area contributed by atoms with Gasteiger partial charge in [-0.05, 0) is 127 Å². The second kappa shape index (κ2) is 16.6. The molecule has 0 saturated carbocycles. The van der Waals surface area contributed by atoms with Gasteiger partial charge < -0.3 is 4.57 Å². The Kier molecular flexibility index (Phi) is 9.65. The van der Waals surface area contributed by atoms with Crippen molar-refractivity contribution in [2.45, 2.75) is 31.6 Å². The van der Waals surface area contributed by atoms with Gasteiger partial charge in [-0.15, -0.1) is 0 Å². The molecule has 0 radical (unpaired) electrons. The Morgan fingerprint density at radius 2 is 0.875 bits per heavy atom. The smallest absolute Gasteiger partial charge is 0.164 e. The molecule has 4 nitrogen and oxygen atoms in total. The number of hydrogen-bond donors (Lipinski definition) is 0. The first-order valence-corrected chi connectivity index (χ1v) is 25.0. The first-order valence-electron chi connectivity index (χ1n) is 25.0. The summed E-state index contributed by atoms with van der Waals surface area (Å²) in [5, 5.41) is 2.44. The summed E-state index contributed by atoms with van der Waals surface area (Å²) < 4.78 is 2.45. The third kappa shape index (κ3) is 6.86. The maximum absolute atomic E-state index is 5.13.